The average Bonchev–Trinajstić information content (AvgIpc) is 2.81. The van der Waals surface area contributed by atoms with Crippen molar-refractivity contribution < 1.29 is 4.42 Å². The first kappa shape index (κ1) is 10.6. The fraction of sp³-hybridized carbons (Fsp3) is 0.182. The van der Waals surface area contributed by atoms with Crippen LogP contribution >= 0.6 is 0 Å². The van der Waals surface area contributed by atoms with Gasteiger partial charge in [-0.1, -0.05) is 0 Å². The second kappa shape index (κ2) is 3.46. The SMILES string of the molecule is Cc1cc(-c2nc3[nH]c(=O)[nH]c(=O)c3[nH]2)c(C)o1. The van der Waals surface area contributed by atoms with Crippen LogP contribution in [0, 0.1) is 13.8 Å². The molecule has 0 amide bonds. The van der Waals surface area contributed by atoms with Crippen LogP contribution in [-0.2, 0) is 0 Å². The number of fused-ring (bicyclic) bond motifs is 1. The van der Waals surface area contributed by atoms with Gasteiger partial charge in [0.1, 0.15) is 22.9 Å². The smallest absolute Gasteiger partial charge is 0.327 e. The molecule has 0 fully saturated rings. The molecule has 0 bridgehead atoms. The van der Waals surface area contributed by atoms with Crippen LogP contribution in [0.5, 0.6) is 0 Å². The van der Waals surface area contributed by atoms with Gasteiger partial charge in [0.2, 0.25) is 0 Å². The zero-order valence-electron chi connectivity index (χ0n) is 9.75. The lowest BCUT2D eigenvalue weighted by Gasteiger charge is -1.90. The summed E-state index contributed by atoms with van der Waals surface area (Å²) in [6.07, 6.45) is 0. The molecule has 0 unspecified atom stereocenters. The van der Waals surface area contributed by atoms with Gasteiger partial charge in [0.15, 0.2) is 5.65 Å². The van der Waals surface area contributed by atoms with Gasteiger partial charge in [-0.05, 0) is 19.9 Å². The zero-order valence-corrected chi connectivity index (χ0v) is 9.75. The van der Waals surface area contributed by atoms with Crippen molar-refractivity contribution in [3.63, 3.8) is 0 Å². The maximum Gasteiger partial charge on any atom is 0.327 e. The van der Waals surface area contributed by atoms with Gasteiger partial charge in [-0.15, -0.1) is 0 Å². The van der Waals surface area contributed by atoms with Crippen LogP contribution in [0.25, 0.3) is 22.6 Å². The van der Waals surface area contributed by atoms with Gasteiger partial charge in [0, 0.05) is 0 Å². The normalized spacial score (nSPS) is 11.2. The van der Waals surface area contributed by atoms with Crippen LogP contribution in [0.4, 0.5) is 0 Å². The lowest BCUT2D eigenvalue weighted by atomic mass is 10.2. The van der Waals surface area contributed by atoms with Gasteiger partial charge in [-0.3, -0.25) is 14.8 Å². The van der Waals surface area contributed by atoms with Gasteiger partial charge >= 0.3 is 5.69 Å². The Morgan fingerprint density at radius 3 is 2.61 bits per heavy atom. The molecule has 7 heteroatoms. The van der Waals surface area contributed by atoms with Crippen molar-refractivity contribution in [1.82, 2.24) is 19.9 Å². The minimum absolute atomic E-state index is 0.233. The number of aromatic amines is 3. The van der Waals surface area contributed by atoms with E-state index < -0.39 is 11.2 Å². The van der Waals surface area contributed by atoms with Crippen LogP contribution in [0.3, 0.4) is 0 Å². The number of hydrogen-bond donors (Lipinski definition) is 3. The van der Waals surface area contributed by atoms with E-state index in [0.717, 1.165) is 11.3 Å². The second-order valence-corrected chi connectivity index (χ2v) is 4.04. The number of hydrogen-bond acceptors (Lipinski definition) is 4. The van der Waals surface area contributed by atoms with Crippen molar-refractivity contribution in [3.05, 3.63) is 38.4 Å². The molecule has 3 aromatic heterocycles. The molecular weight excluding hydrogens is 236 g/mol. The van der Waals surface area contributed by atoms with Gasteiger partial charge < -0.3 is 9.40 Å². The molecule has 0 aliphatic rings. The Kier molecular flexibility index (Phi) is 2.03. The molecule has 0 aliphatic carbocycles. The molecule has 0 radical (unpaired) electrons. The van der Waals surface area contributed by atoms with Gasteiger partial charge in [-0.25, -0.2) is 9.78 Å². The molecule has 0 aliphatic heterocycles. The van der Waals surface area contributed by atoms with Gasteiger partial charge in [0.25, 0.3) is 5.56 Å². The van der Waals surface area contributed by atoms with Crippen LogP contribution in [-0.4, -0.2) is 19.9 Å². The van der Waals surface area contributed by atoms with E-state index in [1.807, 2.05) is 19.9 Å². The summed E-state index contributed by atoms with van der Waals surface area (Å²) in [6, 6.07) is 1.82. The van der Waals surface area contributed by atoms with Crippen molar-refractivity contribution in [1.29, 1.82) is 0 Å². The van der Waals surface area contributed by atoms with E-state index in [2.05, 4.69) is 19.9 Å². The Bertz CT molecular complexity index is 849. The molecular formula is C11H10N4O3. The highest BCUT2D eigenvalue weighted by molar-refractivity contribution is 5.75. The van der Waals surface area contributed by atoms with Crippen molar-refractivity contribution in [3.8, 4) is 11.4 Å². The van der Waals surface area contributed by atoms with Crippen molar-refractivity contribution >= 4 is 11.2 Å². The number of H-pyrrole nitrogens is 3. The summed E-state index contributed by atoms with van der Waals surface area (Å²) in [4.78, 5) is 34.4. The predicted octanol–water partition coefficient (Wildman–Crippen LogP) is 0.816. The maximum absolute atomic E-state index is 11.6. The molecule has 3 rings (SSSR count). The summed E-state index contributed by atoms with van der Waals surface area (Å²) >= 11 is 0. The molecule has 7 nitrogen and oxygen atoms in total. The summed E-state index contributed by atoms with van der Waals surface area (Å²) in [5, 5.41) is 0. The minimum Gasteiger partial charge on any atom is -0.466 e. The highest BCUT2D eigenvalue weighted by Gasteiger charge is 2.13. The largest absolute Gasteiger partial charge is 0.466 e. The highest BCUT2D eigenvalue weighted by atomic mass is 16.3. The van der Waals surface area contributed by atoms with E-state index in [4.69, 9.17) is 4.42 Å². The predicted molar refractivity (Wildman–Crippen MR) is 64.5 cm³/mol. The van der Waals surface area contributed by atoms with E-state index in [-0.39, 0.29) is 11.2 Å². The Morgan fingerprint density at radius 2 is 1.94 bits per heavy atom. The van der Waals surface area contributed by atoms with Crippen LogP contribution in [0.2, 0.25) is 0 Å². The van der Waals surface area contributed by atoms with E-state index >= 15 is 0 Å². The molecule has 3 heterocycles. The fourth-order valence-electron chi connectivity index (χ4n) is 1.93. The quantitative estimate of drug-likeness (QED) is 0.590. The standard InChI is InChI=1S/C11H10N4O3/c1-4-3-6(5(2)18-4)8-12-7-9(13-8)14-11(17)15-10(7)16/h3H,1-2H3,(H3,12,13,14,15,16,17). The third-order valence-electron chi connectivity index (χ3n) is 2.69. The summed E-state index contributed by atoms with van der Waals surface area (Å²) in [5.41, 5.74) is 0.167. The maximum atomic E-state index is 11.6. The molecule has 3 aromatic rings. The topological polar surface area (TPSA) is 108 Å². The van der Waals surface area contributed by atoms with Crippen LogP contribution in [0.15, 0.2) is 20.1 Å². The number of nitrogens with zero attached hydrogens (tertiary/aromatic N) is 1. The molecule has 92 valence electrons. The van der Waals surface area contributed by atoms with Gasteiger partial charge in [-0.2, -0.15) is 0 Å². The number of aromatic nitrogens is 4. The first-order chi connectivity index (χ1) is 8.54. The monoisotopic (exact) mass is 246 g/mol. The number of nitrogens with one attached hydrogen (secondary N) is 3. The van der Waals surface area contributed by atoms with Crippen LogP contribution < -0.4 is 11.2 Å². The Balaban J connectivity index is 2.32. The number of rotatable bonds is 1. The zero-order chi connectivity index (χ0) is 12.9. The Hall–Kier alpha value is -2.57. The molecule has 0 atom stereocenters. The molecule has 0 aromatic carbocycles. The van der Waals surface area contributed by atoms with Crippen molar-refractivity contribution in [2.75, 3.05) is 0 Å². The summed E-state index contributed by atoms with van der Waals surface area (Å²) in [6.45, 7) is 3.64. The molecule has 0 saturated carbocycles. The Morgan fingerprint density at radius 1 is 1.17 bits per heavy atom. The van der Waals surface area contributed by atoms with Crippen molar-refractivity contribution in [2.24, 2.45) is 0 Å². The highest BCUT2D eigenvalue weighted by Crippen LogP contribution is 2.24. The van der Waals surface area contributed by atoms with Gasteiger partial charge in [0.05, 0.1) is 5.56 Å². The van der Waals surface area contributed by atoms with Crippen molar-refractivity contribution in [2.45, 2.75) is 13.8 Å². The number of furan rings is 1. The lowest BCUT2D eigenvalue weighted by molar-refractivity contribution is 0.505. The summed E-state index contributed by atoms with van der Waals surface area (Å²) in [5.74, 6) is 1.95. The summed E-state index contributed by atoms with van der Waals surface area (Å²) in [7, 11) is 0. The summed E-state index contributed by atoms with van der Waals surface area (Å²) < 4.78 is 5.40. The first-order valence-electron chi connectivity index (χ1n) is 5.34. The minimum atomic E-state index is -0.578. The van der Waals surface area contributed by atoms with E-state index in [1.54, 1.807) is 0 Å². The number of aryl methyl sites for hydroxylation is 2. The molecule has 0 spiro atoms. The fourth-order valence-corrected chi connectivity index (χ4v) is 1.93. The Labute approximate surface area is 99.9 Å². The third kappa shape index (κ3) is 1.48. The molecule has 3 N–H and O–H groups in total. The van der Waals surface area contributed by atoms with E-state index in [9.17, 15) is 9.59 Å². The lowest BCUT2D eigenvalue weighted by Crippen LogP contribution is -2.21. The van der Waals surface area contributed by atoms with E-state index in [0.29, 0.717) is 11.6 Å². The third-order valence-corrected chi connectivity index (χ3v) is 2.69. The molecule has 0 saturated heterocycles. The number of imidazole rings is 1. The van der Waals surface area contributed by atoms with Crippen LogP contribution in [0.1, 0.15) is 11.5 Å². The first-order valence-corrected chi connectivity index (χ1v) is 5.34. The van der Waals surface area contributed by atoms with E-state index in [1.165, 1.54) is 0 Å². The average molecular weight is 246 g/mol. The second-order valence-electron chi connectivity index (χ2n) is 4.04. The molecule has 18 heavy (non-hydrogen) atoms.